The first-order valence-electron chi connectivity index (χ1n) is 13.3. The summed E-state index contributed by atoms with van der Waals surface area (Å²) in [7, 11) is -2.54. The van der Waals surface area contributed by atoms with E-state index in [9.17, 15) is 23.1 Å². The number of nitriles is 1. The largest absolute Gasteiger partial charge is 0.493 e. The van der Waals surface area contributed by atoms with Gasteiger partial charge in [0.1, 0.15) is 11.8 Å². The summed E-state index contributed by atoms with van der Waals surface area (Å²) in [6, 6.07) is 11.4. The Bertz CT molecular complexity index is 1450. The van der Waals surface area contributed by atoms with E-state index in [1.54, 1.807) is 32.0 Å². The minimum atomic E-state index is -3.93. The zero-order valence-electron chi connectivity index (χ0n) is 23.6. The first kappa shape index (κ1) is 31.4. The number of hydrogen-bond donors (Lipinski definition) is 2. The molecule has 0 unspecified atom stereocenters. The van der Waals surface area contributed by atoms with E-state index >= 15 is 0 Å². The molecule has 218 valence electrons. The highest BCUT2D eigenvalue weighted by Crippen LogP contribution is 2.23. The predicted molar refractivity (Wildman–Crippen MR) is 154 cm³/mol. The fraction of sp³-hybridized carbons (Fsp3) is 0.414. The van der Waals surface area contributed by atoms with Crippen molar-refractivity contribution in [3.63, 3.8) is 0 Å². The minimum Gasteiger partial charge on any atom is -0.493 e. The number of carbonyl (C=O) groups excluding carboxylic acids is 1. The average molecular weight is 582 g/mol. The van der Waals surface area contributed by atoms with Crippen LogP contribution in [0, 0.1) is 29.2 Å². The molecular weight excluding hydrogens is 546 g/mol. The van der Waals surface area contributed by atoms with Crippen molar-refractivity contribution < 1.29 is 27.9 Å². The molecule has 12 heteroatoms. The molecule has 1 saturated heterocycles. The summed E-state index contributed by atoms with van der Waals surface area (Å²) in [6.07, 6.45) is 2.59. The Balaban J connectivity index is 1.67. The summed E-state index contributed by atoms with van der Waals surface area (Å²) in [4.78, 5) is 27.1. The lowest BCUT2D eigenvalue weighted by Crippen LogP contribution is -2.55. The second-order valence-electron chi connectivity index (χ2n) is 9.89. The Morgan fingerprint density at radius 2 is 1.68 bits per heavy atom. The maximum atomic E-state index is 12.7. The number of nitrogens with one attached hydrogen (secondary N) is 1. The van der Waals surface area contributed by atoms with Crippen molar-refractivity contribution in [1.82, 2.24) is 13.9 Å². The smallest absolute Gasteiger partial charge is 0.322 e. The molecule has 0 bridgehead atoms. The third-order valence-electron chi connectivity index (χ3n) is 6.50. The van der Waals surface area contributed by atoms with E-state index in [0.29, 0.717) is 31.0 Å². The van der Waals surface area contributed by atoms with Crippen molar-refractivity contribution in [1.29, 1.82) is 5.26 Å². The van der Waals surface area contributed by atoms with Gasteiger partial charge in [0.05, 0.1) is 12.2 Å². The number of ether oxygens (including phenoxy) is 1. The Hall–Kier alpha value is -4.10. The standard InChI is InChI=1S/C29H35N5O6S/c1-5-18-40-26-13-10-23(19-25(26)28(35)32(4)20-30)7-6-22-8-11-24(12-9-22)33-14-16-34(17-15-33)41(38,39)31-27(21(2)3)29(36)37/h8-13,19,21,27,31H,5,14-18H2,1-4H3,(H,36,37)/t27-/m1/s1. The molecule has 2 N–H and O–H groups in total. The monoisotopic (exact) mass is 581 g/mol. The van der Waals surface area contributed by atoms with Gasteiger partial charge < -0.3 is 14.7 Å². The molecule has 1 fully saturated rings. The fourth-order valence-corrected chi connectivity index (χ4v) is 5.62. The molecule has 2 aromatic carbocycles. The molecular formula is C29H35N5O6S. The number of piperazine rings is 1. The zero-order chi connectivity index (χ0) is 30.2. The Morgan fingerprint density at radius 1 is 1.07 bits per heavy atom. The van der Waals surface area contributed by atoms with Crippen LogP contribution in [-0.2, 0) is 15.0 Å². The van der Waals surface area contributed by atoms with E-state index in [2.05, 4.69) is 21.5 Å². The van der Waals surface area contributed by atoms with Gasteiger partial charge >= 0.3 is 5.97 Å². The van der Waals surface area contributed by atoms with Crippen LogP contribution < -0.4 is 14.4 Å². The molecule has 1 amide bonds. The van der Waals surface area contributed by atoms with Gasteiger partial charge in [0.2, 0.25) is 0 Å². The van der Waals surface area contributed by atoms with E-state index in [1.807, 2.05) is 37.4 Å². The number of carboxylic acid groups (broad SMARTS) is 1. The molecule has 1 atom stereocenters. The van der Waals surface area contributed by atoms with E-state index < -0.39 is 28.1 Å². The highest BCUT2D eigenvalue weighted by atomic mass is 32.2. The number of aliphatic carboxylic acids is 1. The predicted octanol–water partition coefficient (Wildman–Crippen LogP) is 2.49. The molecule has 2 aromatic rings. The second-order valence-corrected chi connectivity index (χ2v) is 11.6. The molecule has 0 aromatic heterocycles. The van der Waals surface area contributed by atoms with Gasteiger partial charge in [0.15, 0.2) is 6.19 Å². The van der Waals surface area contributed by atoms with Crippen molar-refractivity contribution in [2.24, 2.45) is 5.92 Å². The van der Waals surface area contributed by atoms with Crippen molar-refractivity contribution in [2.45, 2.75) is 33.2 Å². The Labute approximate surface area is 241 Å². The number of benzene rings is 2. The number of anilines is 1. The second kappa shape index (κ2) is 14.0. The highest BCUT2D eigenvalue weighted by Gasteiger charge is 2.33. The van der Waals surface area contributed by atoms with Crippen LogP contribution in [0.5, 0.6) is 5.75 Å². The van der Waals surface area contributed by atoms with Crippen molar-refractivity contribution >= 4 is 27.8 Å². The minimum absolute atomic E-state index is 0.224. The maximum absolute atomic E-state index is 12.7. The number of nitrogens with zero attached hydrogens (tertiary/aromatic N) is 4. The Kier molecular flexibility index (Phi) is 10.7. The van der Waals surface area contributed by atoms with E-state index in [-0.39, 0.29) is 24.6 Å². The van der Waals surface area contributed by atoms with Crippen LogP contribution >= 0.6 is 0 Å². The summed E-state index contributed by atoms with van der Waals surface area (Å²) >= 11 is 0. The third-order valence-corrected chi connectivity index (χ3v) is 8.09. The fourth-order valence-electron chi connectivity index (χ4n) is 4.13. The first-order chi connectivity index (χ1) is 19.5. The SMILES string of the molecule is CCCOc1ccc(C#Cc2ccc(N3CCN(S(=O)(=O)N[C@@H](C(=O)O)C(C)C)CC3)cc2)cc1C(=O)N(C)C#N. The van der Waals surface area contributed by atoms with E-state index in [4.69, 9.17) is 10.00 Å². The Morgan fingerprint density at radius 3 is 2.24 bits per heavy atom. The van der Waals surface area contributed by atoms with Gasteiger partial charge in [-0.05, 0) is 54.8 Å². The van der Waals surface area contributed by atoms with Gasteiger partial charge in [-0.1, -0.05) is 32.6 Å². The number of carboxylic acids is 1. The first-order valence-corrected chi connectivity index (χ1v) is 14.7. The number of rotatable bonds is 10. The molecule has 1 aliphatic rings. The van der Waals surface area contributed by atoms with Gasteiger partial charge in [-0.2, -0.15) is 22.7 Å². The maximum Gasteiger partial charge on any atom is 0.322 e. The lowest BCUT2D eigenvalue weighted by Gasteiger charge is -2.36. The molecule has 11 nitrogen and oxygen atoms in total. The quantitative estimate of drug-likeness (QED) is 0.248. The van der Waals surface area contributed by atoms with Crippen LogP contribution in [0.1, 0.15) is 48.7 Å². The molecule has 1 aliphatic heterocycles. The van der Waals surface area contributed by atoms with E-state index in [0.717, 1.165) is 22.6 Å². The van der Waals surface area contributed by atoms with Crippen molar-refractivity contribution in [2.75, 3.05) is 44.7 Å². The molecule has 41 heavy (non-hydrogen) atoms. The van der Waals surface area contributed by atoms with Crippen LogP contribution in [0.2, 0.25) is 0 Å². The summed E-state index contributed by atoms with van der Waals surface area (Å²) < 4.78 is 34.7. The summed E-state index contributed by atoms with van der Waals surface area (Å²) in [5, 5.41) is 18.4. The van der Waals surface area contributed by atoms with Crippen molar-refractivity contribution in [3.8, 4) is 23.8 Å². The van der Waals surface area contributed by atoms with Crippen LogP contribution in [0.15, 0.2) is 42.5 Å². The third kappa shape index (κ3) is 8.21. The van der Waals surface area contributed by atoms with Crippen molar-refractivity contribution in [3.05, 3.63) is 59.2 Å². The van der Waals surface area contributed by atoms with Crippen LogP contribution in [0.25, 0.3) is 0 Å². The van der Waals surface area contributed by atoms with Crippen LogP contribution in [-0.4, -0.2) is 80.5 Å². The molecule has 0 saturated carbocycles. The topological polar surface area (TPSA) is 143 Å². The normalized spacial score (nSPS) is 14.5. The zero-order valence-corrected chi connectivity index (χ0v) is 24.4. The lowest BCUT2D eigenvalue weighted by atomic mass is 10.1. The van der Waals surface area contributed by atoms with Crippen LogP contribution in [0.3, 0.4) is 0 Å². The van der Waals surface area contributed by atoms with Gasteiger partial charge in [0.25, 0.3) is 16.1 Å². The molecule has 3 rings (SSSR count). The van der Waals surface area contributed by atoms with Crippen LogP contribution in [0.4, 0.5) is 5.69 Å². The van der Waals surface area contributed by atoms with Gasteiger partial charge in [-0.3, -0.25) is 9.59 Å². The highest BCUT2D eigenvalue weighted by molar-refractivity contribution is 7.87. The number of hydrogen-bond acceptors (Lipinski definition) is 7. The molecule has 0 radical (unpaired) electrons. The number of carbonyl (C=O) groups is 2. The van der Waals surface area contributed by atoms with E-state index in [1.165, 1.54) is 11.4 Å². The van der Waals surface area contributed by atoms with Gasteiger partial charge in [-0.15, -0.1) is 0 Å². The summed E-state index contributed by atoms with van der Waals surface area (Å²) in [6.45, 7) is 7.06. The van der Waals surface area contributed by atoms with Gasteiger partial charge in [-0.25, -0.2) is 4.90 Å². The van der Waals surface area contributed by atoms with Gasteiger partial charge in [0, 0.05) is 50.0 Å². The summed E-state index contributed by atoms with van der Waals surface area (Å²) in [5.74, 6) is 4.47. The average Bonchev–Trinajstić information content (AvgIpc) is 2.97. The lowest BCUT2D eigenvalue weighted by molar-refractivity contribution is -0.140. The summed E-state index contributed by atoms with van der Waals surface area (Å²) in [5.41, 5.74) is 2.53. The molecule has 0 spiro atoms. The number of amides is 1. The molecule has 1 heterocycles. The molecule has 0 aliphatic carbocycles.